The number of halogens is 8. The first-order valence-electron chi connectivity index (χ1n) is 16.2. The number of fused-ring (bicyclic) bond motifs is 8. The Bertz CT molecular complexity index is 2960. The molecular formula is C42H22I8O10-2. The highest BCUT2D eigenvalue weighted by Gasteiger charge is 2.55. The van der Waals surface area contributed by atoms with Crippen LogP contribution in [0.3, 0.4) is 0 Å². The maximum Gasteiger partial charge on any atom is 0.340 e. The predicted molar refractivity (Wildman–Crippen MR) is 292 cm³/mol. The molecule has 0 atom stereocenters. The van der Waals surface area contributed by atoms with Crippen LogP contribution in [-0.2, 0) is 10.3 Å². The van der Waals surface area contributed by atoms with Gasteiger partial charge in [0.15, 0.2) is 22.9 Å². The lowest BCUT2D eigenvalue weighted by Gasteiger charge is -2.37. The van der Waals surface area contributed by atoms with Crippen LogP contribution in [0.1, 0.15) is 52.3 Å². The molecule has 5 aromatic carbocycles. The van der Waals surface area contributed by atoms with Gasteiger partial charge in [-0.3, -0.25) is 4.79 Å². The number of ether oxygens (including phenoxy) is 2. The number of benzene rings is 6. The van der Waals surface area contributed by atoms with Crippen LogP contribution in [0.15, 0.2) is 82.0 Å². The number of hydrogen-bond donors (Lipinski definition) is 2. The minimum atomic E-state index is -1.31. The summed E-state index contributed by atoms with van der Waals surface area (Å²) in [4.78, 5) is 37.2. The third kappa shape index (κ3) is 7.67. The van der Waals surface area contributed by atoms with Crippen molar-refractivity contribution in [3.05, 3.63) is 139 Å². The zero-order valence-corrected chi connectivity index (χ0v) is 45.4. The lowest BCUT2D eigenvalue weighted by molar-refractivity contribution is -0.270. The van der Waals surface area contributed by atoms with Crippen molar-refractivity contribution in [1.82, 2.24) is 0 Å². The standard InChI is InChI=1S/2C20H8I4O5.2CH4/c21-11-5-9-17(13(23)15(11)25)28-18-10(6-12(22)16(26)14(18)24)20(9)8-4-2-1-3-7(8)19(27)29-20;21-11-5-9-13(7-3-1-2-4-8(7)20(27)28)10-6-12(22)17(26)15(24)19(10)29-18(9)14(23)16(11)25;;/h1-6,25-26H;1-6,25H,(H,27,28);2*1H4/p-2. The third-order valence-corrected chi connectivity index (χ3v) is 16.7. The minimum Gasteiger partial charge on any atom is -0.871 e. The van der Waals surface area contributed by atoms with Crippen LogP contribution < -0.4 is 20.4 Å². The van der Waals surface area contributed by atoms with Gasteiger partial charge in [-0.1, -0.05) is 63.1 Å². The van der Waals surface area contributed by atoms with Gasteiger partial charge in [0.25, 0.3) is 0 Å². The summed E-state index contributed by atoms with van der Waals surface area (Å²) < 4.78 is 22.4. The molecule has 60 heavy (non-hydrogen) atoms. The van der Waals surface area contributed by atoms with Crippen LogP contribution in [0.2, 0.25) is 0 Å². The number of rotatable bonds is 2. The topological polar surface area (TPSA) is 169 Å². The van der Waals surface area contributed by atoms with Crippen molar-refractivity contribution in [1.29, 1.82) is 0 Å². The van der Waals surface area contributed by atoms with E-state index in [0.717, 1.165) is 0 Å². The summed E-state index contributed by atoms with van der Waals surface area (Å²) in [6.45, 7) is 0. The molecule has 5 aromatic rings. The molecule has 0 saturated heterocycles. The van der Waals surface area contributed by atoms with E-state index >= 15 is 0 Å². The molecular weight excluding hydrogens is 1680 g/mol. The summed E-state index contributed by atoms with van der Waals surface area (Å²) in [6, 6.07) is 20.8. The van der Waals surface area contributed by atoms with E-state index in [1.165, 1.54) is 6.07 Å². The summed E-state index contributed by atoms with van der Waals surface area (Å²) in [6.07, 6.45) is 0. The number of carbonyl (C=O) groups is 2. The molecule has 3 aliphatic heterocycles. The first kappa shape index (κ1) is 48.2. The summed E-state index contributed by atoms with van der Waals surface area (Å²) in [7, 11) is 0. The zero-order chi connectivity index (χ0) is 41.7. The van der Waals surface area contributed by atoms with Crippen LogP contribution >= 0.6 is 181 Å². The fourth-order valence-corrected chi connectivity index (χ4v) is 14.1. The molecule has 0 bridgehead atoms. The summed E-state index contributed by atoms with van der Waals surface area (Å²) in [5.74, 6) is -0.545. The van der Waals surface area contributed by atoms with Crippen LogP contribution in [0.25, 0.3) is 33.4 Å². The predicted octanol–water partition coefficient (Wildman–Crippen LogP) is 11.8. The van der Waals surface area contributed by atoms with Gasteiger partial charge in [-0.25, -0.2) is 4.79 Å². The van der Waals surface area contributed by atoms with Gasteiger partial charge in [0.1, 0.15) is 20.7 Å². The molecule has 3 heterocycles. The van der Waals surface area contributed by atoms with Crippen LogP contribution in [-0.4, -0.2) is 22.2 Å². The van der Waals surface area contributed by atoms with Gasteiger partial charge in [0, 0.05) is 34.8 Å². The normalized spacial score (nSPS) is 12.9. The molecule has 0 amide bonds. The van der Waals surface area contributed by atoms with Gasteiger partial charge in [0.2, 0.25) is 5.43 Å². The van der Waals surface area contributed by atoms with Crippen molar-refractivity contribution in [2.75, 3.05) is 0 Å². The summed E-state index contributed by atoms with van der Waals surface area (Å²) >= 11 is 15.9. The Labute approximate surface area is 451 Å². The Morgan fingerprint density at radius 1 is 0.633 bits per heavy atom. The second-order valence-corrected chi connectivity index (χ2v) is 21.5. The highest BCUT2D eigenvalue weighted by molar-refractivity contribution is 14.1. The third-order valence-electron chi connectivity index (χ3n) is 9.45. The number of carbonyl (C=O) groups excluding carboxylic acids is 2. The van der Waals surface area contributed by atoms with Crippen molar-refractivity contribution < 1.29 is 43.9 Å². The molecule has 0 saturated carbocycles. The molecule has 18 heteroatoms. The van der Waals surface area contributed by atoms with E-state index in [9.17, 15) is 34.8 Å². The monoisotopic (exact) mass is 1700 g/mol. The molecule has 4 aliphatic rings. The number of aromatic hydroxyl groups is 2. The molecule has 9 rings (SSSR count). The molecule has 10 nitrogen and oxygen atoms in total. The number of phenols is 2. The van der Waals surface area contributed by atoms with Gasteiger partial charge in [-0.2, -0.15) is 0 Å². The molecule has 1 aliphatic carbocycles. The van der Waals surface area contributed by atoms with Crippen molar-refractivity contribution in [3.8, 4) is 51.2 Å². The first-order valence-corrected chi connectivity index (χ1v) is 24.8. The van der Waals surface area contributed by atoms with E-state index < -0.39 is 17.5 Å². The van der Waals surface area contributed by atoms with Crippen LogP contribution in [0, 0.1) is 28.6 Å². The molecule has 0 aromatic heterocycles. The Morgan fingerprint density at radius 2 is 1.18 bits per heavy atom. The lowest BCUT2D eigenvalue weighted by Crippen LogP contribution is -2.34. The fraction of sp³-hybridized carbons (Fsp3) is 0.0714. The molecule has 0 fully saturated rings. The smallest absolute Gasteiger partial charge is 0.340 e. The van der Waals surface area contributed by atoms with Crippen molar-refractivity contribution in [2.45, 2.75) is 20.5 Å². The highest BCUT2D eigenvalue weighted by atomic mass is 127. The highest BCUT2D eigenvalue weighted by Crippen LogP contribution is 2.60. The van der Waals surface area contributed by atoms with Gasteiger partial charge in [-0.15, -0.1) is 0 Å². The number of carboxylic acid groups (broad SMARTS) is 1. The van der Waals surface area contributed by atoms with Gasteiger partial charge < -0.3 is 39.1 Å². The van der Waals surface area contributed by atoms with E-state index in [4.69, 9.17) is 13.9 Å². The van der Waals surface area contributed by atoms with E-state index in [0.29, 0.717) is 95.7 Å². The maximum atomic E-state index is 12.9. The van der Waals surface area contributed by atoms with Crippen LogP contribution in [0.4, 0.5) is 0 Å². The number of carboxylic acids is 1. The zero-order valence-electron chi connectivity index (χ0n) is 28.1. The quantitative estimate of drug-likeness (QED) is 0.0965. The largest absolute Gasteiger partial charge is 0.871 e. The molecule has 1 spiro atoms. The number of phenolic OH excluding ortho intramolecular Hbond substituents is 2. The Morgan fingerprint density at radius 3 is 1.77 bits per heavy atom. The Hall–Kier alpha value is -1.23. The second-order valence-electron chi connectivity index (χ2n) is 12.6. The van der Waals surface area contributed by atoms with Crippen LogP contribution in [0.5, 0.6) is 28.7 Å². The Balaban J connectivity index is 0.000000195. The van der Waals surface area contributed by atoms with Gasteiger partial charge >= 0.3 is 5.97 Å². The maximum absolute atomic E-state index is 12.9. The molecule has 308 valence electrons. The summed E-state index contributed by atoms with van der Waals surface area (Å²) in [5.41, 5.74) is 3.07. The average molecular weight is 1700 g/mol. The van der Waals surface area contributed by atoms with E-state index in [2.05, 4.69) is 45.2 Å². The number of esters is 1. The molecule has 0 radical (unpaired) electrons. The molecule has 0 unspecified atom stereocenters. The second kappa shape index (κ2) is 18.3. The summed E-state index contributed by atoms with van der Waals surface area (Å²) in [5, 5.41) is 45.9. The number of aromatic carboxylic acids is 1. The number of hydrogen-bond acceptors (Lipinski definition) is 10. The van der Waals surface area contributed by atoms with E-state index in [1.54, 1.807) is 54.6 Å². The Kier molecular flexibility index (Phi) is 14.7. The van der Waals surface area contributed by atoms with Crippen molar-refractivity contribution in [3.63, 3.8) is 0 Å². The fourth-order valence-electron chi connectivity index (χ4n) is 6.92. The molecule has 2 N–H and O–H groups in total. The van der Waals surface area contributed by atoms with Gasteiger partial charge in [-0.05, 0) is 217 Å². The van der Waals surface area contributed by atoms with Gasteiger partial charge in [0.05, 0.1) is 40.5 Å². The SMILES string of the molecule is C.C.O=C([O-])c1ccccc1-c1c2cc(I)c(=O)c(I)c-2oc2c(I)c([O-])c(I)cc12.O=C1OC2(c3ccccc31)c1cc(I)c(O)c(I)c1Oc1c2cc(I)c(O)c1I. The average Bonchev–Trinajstić information content (AvgIpc) is 3.50. The van der Waals surface area contributed by atoms with E-state index in [-0.39, 0.29) is 43.1 Å². The minimum absolute atomic E-state index is 0. The lowest BCUT2D eigenvalue weighted by atomic mass is 9.77. The first-order chi connectivity index (χ1) is 27.5. The van der Waals surface area contributed by atoms with Crippen molar-refractivity contribution in [2.24, 2.45) is 0 Å². The van der Waals surface area contributed by atoms with E-state index in [1.807, 2.05) is 148 Å². The van der Waals surface area contributed by atoms with Crippen molar-refractivity contribution >= 4 is 204 Å².